The molecular weight excluding hydrogens is 452 g/mol. The fraction of sp³-hybridized carbons (Fsp3) is 0.333. The molecule has 0 aliphatic carbocycles. The van der Waals surface area contributed by atoms with E-state index in [1.807, 2.05) is 43.8 Å². The predicted octanol–water partition coefficient (Wildman–Crippen LogP) is 3.11. The number of carbonyl (C=O) groups is 3. The number of hydrogen-bond acceptors (Lipinski definition) is 6. The summed E-state index contributed by atoms with van der Waals surface area (Å²) in [7, 11) is 1.82. The van der Waals surface area contributed by atoms with Crippen molar-refractivity contribution < 1.29 is 14.4 Å². The minimum absolute atomic E-state index is 0.0275. The van der Waals surface area contributed by atoms with Crippen LogP contribution in [0.1, 0.15) is 49.1 Å². The molecule has 5 rings (SSSR count). The molecule has 3 amide bonds. The number of nitrogens with one attached hydrogen (secondary N) is 2. The molecule has 0 spiro atoms. The van der Waals surface area contributed by atoms with E-state index in [-0.39, 0.29) is 23.8 Å². The maximum atomic E-state index is 12.7. The molecule has 9 nitrogen and oxygen atoms in total. The largest absolute Gasteiger partial charge is 0.349 e. The van der Waals surface area contributed by atoms with Gasteiger partial charge in [0.05, 0.1) is 16.3 Å². The van der Waals surface area contributed by atoms with Gasteiger partial charge in [0.15, 0.2) is 5.82 Å². The zero-order valence-corrected chi connectivity index (χ0v) is 20.1. The summed E-state index contributed by atoms with van der Waals surface area (Å²) in [5, 5.41) is 10.2. The Hall–Kier alpha value is -3.66. The van der Waals surface area contributed by atoms with Gasteiger partial charge in [-0.25, -0.2) is 4.68 Å². The van der Waals surface area contributed by atoms with Gasteiger partial charge in [-0.3, -0.25) is 14.4 Å². The number of thiophene rings is 1. The van der Waals surface area contributed by atoms with Gasteiger partial charge in [0.25, 0.3) is 17.7 Å². The third kappa shape index (κ3) is 4.05. The van der Waals surface area contributed by atoms with E-state index in [0.29, 0.717) is 28.7 Å². The zero-order valence-electron chi connectivity index (χ0n) is 19.3. The van der Waals surface area contributed by atoms with Crippen LogP contribution < -0.4 is 15.5 Å². The third-order valence-electron chi connectivity index (χ3n) is 5.98. The summed E-state index contributed by atoms with van der Waals surface area (Å²) < 4.78 is 1.87. The standard InChI is InChI=1S/C24H26N6O3S/c1-14(2)25-22(31)18-6-7-19(34-18)23(32)26-20-13-21-29(10-11-30(21)27-20)16-4-5-17-15(12-16)8-9-28(3)24(17)33/h4-7,12-14H,8-11H2,1-3H3,(H,25,31)(H,26,27,32). The minimum atomic E-state index is -0.298. The van der Waals surface area contributed by atoms with Crippen LogP contribution in [0.25, 0.3) is 0 Å². The Bertz CT molecular complexity index is 1290. The average molecular weight is 479 g/mol. The zero-order chi connectivity index (χ0) is 24.0. The van der Waals surface area contributed by atoms with Crippen LogP contribution in [0.5, 0.6) is 0 Å². The molecule has 176 valence electrons. The Labute approximate surface area is 201 Å². The summed E-state index contributed by atoms with van der Waals surface area (Å²) in [6, 6.07) is 11.1. The molecule has 2 aliphatic heterocycles. The lowest BCUT2D eigenvalue weighted by molar-refractivity contribution is 0.0780. The Balaban J connectivity index is 1.31. The number of hydrogen-bond donors (Lipinski definition) is 2. The van der Waals surface area contributed by atoms with Gasteiger partial charge in [0.2, 0.25) is 0 Å². The Morgan fingerprint density at radius 2 is 1.79 bits per heavy atom. The monoisotopic (exact) mass is 478 g/mol. The molecule has 2 aliphatic rings. The fourth-order valence-electron chi connectivity index (χ4n) is 4.27. The maximum Gasteiger partial charge on any atom is 0.266 e. The summed E-state index contributed by atoms with van der Waals surface area (Å²) in [5.74, 6) is 0.920. The van der Waals surface area contributed by atoms with Crippen LogP contribution in [0, 0.1) is 0 Å². The Kier molecular flexibility index (Phi) is 5.60. The maximum absolute atomic E-state index is 12.7. The number of benzene rings is 1. The van der Waals surface area contributed by atoms with E-state index in [2.05, 4.69) is 26.7 Å². The van der Waals surface area contributed by atoms with Gasteiger partial charge in [-0.2, -0.15) is 5.10 Å². The van der Waals surface area contributed by atoms with Gasteiger partial charge in [0.1, 0.15) is 5.82 Å². The molecule has 2 N–H and O–H groups in total. The second-order valence-corrected chi connectivity index (χ2v) is 9.91. The number of likely N-dealkylation sites (N-methyl/N-ethyl adjacent to an activating group) is 1. The number of carbonyl (C=O) groups excluding carboxylic acids is 3. The Morgan fingerprint density at radius 3 is 2.56 bits per heavy atom. The predicted molar refractivity (Wildman–Crippen MR) is 131 cm³/mol. The molecule has 3 aromatic rings. The van der Waals surface area contributed by atoms with Crippen molar-refractivity contribution in [1.29, 1.82) is 0 Å². The van der Waals surface area contributed by atoms with Crippen molar-refractivity contribution in [2.24, 2.45) is 0 Å². The smallest absolute Gasteiger partial charge is 0.266 e. The molecule has 1 aromatic carbocycles. The Morgan fingerprint density at radius 1 is 1.03 bits per heavy atom. The summed E-state index contributed by atoms with van der Waals surface area (Å²) in [6.45, 7) is 5.96. The van der Waals surface area contributed by atoms with Crippen LogP contribution in [0.15, 0.2) is 36.4 Å². The molecule has 0 radical (unpaired) electrons. The van der Waals surface area contributed by atoms with Crippen molar-refractivity contribution in [2.45, 2.75) is 32.9 Å². The number of aromatic nitrogens is 2. The normalized spacial score (nSPS) is 14.9. The van der Waals surface area contributed by atoms with Crippen LogP contribution in [0.3, 0.4) is 0 Å². The number of rotatable bonds is 5. The number of nitrogens with zero attached hydrogens (tertiary/aromatic N) is 4. The van der Waals surface area contributed by atoms with Crippen molar-refractivity contribution in [1.82, 2.24) is 20.0 Å². The lowest BCUT2D eigenvalue weighted by Crippen LogP contribution is -2.34. The van der Waals surface area contributed by atoms with Crippen molar-refractivity contribution in [3.05, 3.63) is 57.3 Å². The molecule has 0 bridgehead atoms. The highest BCUT2D eigenvalue weighted by atomic mass is 32.1. The SMILES string of the molecule is CC(C)NC(=O)c1ccc(C(=O)Nc2cc3n(n2)CCN3c2ccc3c(c2)CCN(C)C3=O)s1. The average Bonchev–Trinajstić information content (AvgIpc) is 3.51. The van der Waals surface area contributed by atoms with E-state index in [1.165, 1.54) is 0 Å². The van der Waals surface area contributed by atoms with Gasteiger partial charge in [0, 0.05) is 43.5 Å². The molecule has 0 atom stereocenters. The quantitative estimate of drug-likeness (QED) is 0.587. The molecule has 10 heteroatoms. The molecule has 0 unspecified atom stereocenters. The van der Waals surface area contributed by atoms with Crippen LogP contribution >= 0.6 is 11.3 Å². The molecular formula is C24H26N6O3S. The second kappa shape index (κ2) is 8.60. The first-order chi connectivity index (χ1) is 16.3. The molecule has 0 fully saturated rings. The summed E-state index contributed by atoms with van der Waals surface area (Å²) in [4.78, 5) is 42.1. The van der Waals surface area contributed by atoms with Crippen molar-refractivity contribution >= 4 is 46.4 Å². The summed E-state index contributed by atoms with van der Waals surface area (Å²) in [5.41, 5.74) is 2.82. The van der Waals surface area contributed by atoms with Crippen LogP contribution in [0.2, 0.25) is 0 Å². The highest BCUT2D eigenvalue weighted by Gasteiger charge is 2.27. The van der Waals surface area contributed by atoms with Gasteiger partial charge in [-0.15, -0.1) is 11.3 Å². The van der Waals surface area contributed by atoms with Crippen molar-refractivity contribution in [3.8, 4) is 0 Å². The third-order valence-corrected chi connectivity index (χ3v) is 7.06. The lowest BCUT2D eigenvalue weighted by atomic mass is 9.98. The first kappa shape index (κ1) is 22.1. The van der Waals surface area contributed by atoms with Gasteiger partial charge >= 0.3 is 0 Å². The van der Waals surface area contributed by atoms with E-state index in [1.54, 1.807) is 17.0 Å². The van der Waals surface area contributed by atoms with Crippen LogP contribution in [-0.2, 0) is 13.0 Å². The summed E-state index contributed by atoms with van der Waals surface area (Å²) in [6.07, 6.45) is 0.831. The van der Waals surface area contributed by atoms with E-state index in [0.717, 1.165) is 46.9 Å². The van der Waals surface area contributed by atoms with Gasteiger partial charge in [-0.1, -0.05) is 0 Å². The highest BCUT2D eigenvalue weighted by molar-refractivity contribution is 7.16. The fourth-order valence-corrected chi connectivity index (χ4v) is 5.08. The first-order valence-electron chi connectivity index (χ1n) is 11.3. The van der Waals surface area contributed by atoms with E-state index >= 15 is 0 Å². The van der Waals surface area contributed by atoms with Crippen molar-refractivity contribution in [2.75, 3.05) is 30.4 Å². The first-order valence-corrected chi connectivity index (χ1v) is 12.1. The number of anilines is 3. The molecule has 4 heterocycles. The van der Waals surface area contributed by atoms with Gasteiger partial charge < -0.3 is 20.4 Å². The molecule has 0 saturated heterocycles. The van der Waals surface area contributed by atoms with Crippen LogP contribution in [-0.4, -0.2) is 58.6 Å². The minimum Gasteiger partial charge on any atom is -0.349 e. The highest BCUT2D eigenvalue weighted by Crippen LogP contribution is 2.34. The number of fused-ring (bicyclic) bond motifs is 2. The lowest BCUT2D eigenvalue weighted by Gasteiger charge is -2.26. The van der Waals surface area contributed by atoms with E-state index in [9.17, 15) is 14.4 Å². The molecule has 34 heavy (non-hydrogen) atoms. The molecule has 2 aromatic heterocycles. The number of amides is 3. The van der Waals surface area contributed by atoms with E-state index < -0.39 is 0 Å². The van der Waals surface area contributed by atoms with E-state index in [4.69, 9.17) is 0 Å². The van der Waals surface area contributed by atoms with Gasteiger partial charge in [-0.05, 0) is 56.2 Å². The molecule has 0 saturated carbocycles. The van der Waals surface area contributed by atoms with Crippen molar-refractivity contribution in [3.63, 3.8) is 0 Å². The topological polar surface area (TPSA) is 99.6 Å². The second-order valence-electron chi connectivity index (χ2n) is 8.83. The van der Waals surface area contributed by atoms with Crippen LogP contribution in [0.4, 0.5) is 17.3 Å². The summed E-state index contributed by atoms with van der Waals surface area (Å²) >= 11 is 1.15.